The number of nitrogens with zero attached hydrogens (tertiary/aromatic N) is 1. The van der Waals surface area contributed by atoms with Gasteiger partial charge in [0.05, 0.1) is 7.11 Å². The zero-order valence-electron chi connectivity index (χ0n) is 17.2. The van der Waals surface area contributed by atoms with Gasteiger partial charge in [0.1, 0.15) is 11.5 Å². The minimum absolute atomic E-state index is 0.129. The maximum Gasteiger partial charge on any atom is 0.265 e. The number of methoxy groups -OCH3 is 1. The maximum absolute atomic E-state index is 12.6. The van der Waals surface area contributed by atoms with Crippen molar-refractivity contribution < 1.29 is 19.1 Å². The van der Waals surface area contributed by atoms with Crippen LogP contribution in [0.15, 0.2) is 78.9 Å². The van der Waals surface area contributed by atoms with Crippen LogP contribution in [0.4, 0.5) is 11.4 Å². The van der Waals surface area contributed by atoms with Crippen LogP contribution in [0.5, 0.6) is 11.5 Å². The lowest BCUT2D eigenvalue weighted by Crippen LogP contribution is -2.30. The monoisotopic (exact) mass is 404 g/mol. The molecule has 30 heavy (non-hydrogen) atoms. The Hall–Kier alpha value is -3.80. The molecule has 0 bridgehead atoms. The first-order chi connectivity index (χ1) is 14.5. The van der Waals surface area contributed by atoms with Gasteiger partial charge in [-0.05, 0) is 67.6 Å². The van der Waals surface area contributed by atoms with Crippen molar-refractivity contribution in [1.29, 1.82) is 0 Å². The van der Waals surface area contributed by atoms with Crippen molar-refractivity contribution in [3.05, 3.63) is 84.4 Å². The second-order valence-corrected chi connectivity index (χ2v) is 6.70. The van der Waals surface area contributed by atoms with E-state index in [2.05, 4.69) is 5.32 Å². The molecule has 0 aliphatic rings. The first kappa shape index (κ1) is 20.9. The molecule has 3 aromatic rings. The number of ether oxygens (including phenoxy) is 2. The van der Waals surface area contributed by atoms with Gasteiger partial charge in [-0.15, -0.1) is 0 Å². The van der Waals surface area contributed by atoms with Gasteiger partial charge >= 0.3 is 0 Å². The van der Waals surface area contributed by atoms with Crippen LogP contribution in [0.2, 0.25) is 0 Å². The lowest BCUT2D eigenvalue weighted by atomic mass is 10.1. The first-order valence-corrected chi connectivity index (χ1v) is 9.52. The number of anilines is 2. The number of hydrogen-bond acceptors (Lipinski definition) is 4. The highest BCUT2D eigenvalue weighted by Gasteiger charge is 2.16. The number of nitrogens with one attached hydrogen (secondary N) is 1. The molecule has 0 aliphatic heterocycles. The highest BCUT2D eigenvalue weighted by molar-refractivity contribution is 6.06. The molecule has 3 rings (SSSR count). The second-order valence-electron chi connectivity index (χ2n) is 6.70. The Labute approximate surface area is 176 Å². The molecule has 2 amide bonds. The largest absolute Gasteiger partial charge is 0.497 e. The summed E-state index contributed by atoms with van der Waals surface area (Å²) in [5.41, 5.74) is 1.93. The SMILES string of the molecule is COc1ccc(OC(C)C(=O)Nc2ccc(C(=O)N(C)c3ccccc3)cc2)cc1. The zero-order valence-corrected chi connectivity index (χ0v) is 17.2. The van der Waals surface area contributed by atoms with Crippen LogP contribution in [0.3, 0.4) is 0 Å². The van der Waals surface area contributed by atoms with Gasteiger partial charge in [-0.25, -0.2) is 0 Å². The molecule has 0 aromatic heterocycles. The smallest absolute Gasteiger partial charge is 0.265 e. The molecule has 1 N–H and O–H groups in total. The minimum atomic E-state index is -0.691. The van der Waals surface area contributed by atoms with Crippen LogP contribution in [-0.2, 0) is 4.79 Å². The standard InChI is InChI=1S/C24H24N2O4/c1-17(30-22-15-13-21(29-3)14-16-22)23(27)25-19-11-9-18(10-12-19)24(28)26(2)20-7-5-4-6-8-20/h4-17H,1-3H3,(H,25,27). The third-order valence-corrected chi connectivity index (χ3v) is 4.59. The van der Waals surface area contributed by atoms with Gasteiger partial charge in [-0.1, -0.05) is 18.2 Å². The molecular weight excluding hydrogens is 380 g/mol. The molecule has 1 atom stereocenters. The van der Waals surface area contributed by atoms with E-state index in [1.165, 1.54) is 0 Å². The van der Waals surface area contributed by atoms with Crippen molar-refractivity contribution in [1.82, 2.24) is 0 Å². The van der Waals surface area contributed by atoms with E-state index in [1.807, 2.05) is 30.3 Å². The van der Waals surface area contributed by atoms with Gasteiger partial charge < -0.3 is 19.7 Å². The third-order valence-electron chi connectivity index (χ3n) is 4.59. The van der Waals surface area contributed by atoms with Gasteiger partial charge in [0.25, 0.3) is 11.8 Å². The number of carbonyl (C=O) groups is 2. The number of amides is 2. The van der Waals surface area contributed by atoms with E-state index in [0.717, 1.165) is 5.69 Å². The zero-order chi connectivity index (χ0) is 21.5. The van der Waals surface area contributed by atoms with Gasteiger partial charge in [0.15, 0.2) is 6.10 Å². The highest BCUT2D eigenvalue weighted by atomic mass is 16.5. The maximum atomic E-state index is 12.6. The van der Waals surface area contributed by atoms with Crippen molar-refractivity contribution in [3.8, 4) is 11.5 Å². The minimum Gasteiger partial charge on any atom is -0.497 e. The highest BCUT2D eigenvalue weighted by Crippen LogP contribution is 2.19. The van der Waals surface area contributed by atoms with Crippen molar-refractivity contribution >= 4 is 23.2 Å². The van der Waals surface area contributed by atoms with Gasteiger partial charge in [-0.3, -0.25) is 9.59 Å². The van der Waals surface area contributed by atoms with Gasteiger partial charge in [0, 0.05) is 24.0 Å². The Morgan fingerprint density at radius 2 is 1.47 bits per heavy atom. The number of rotatable bonds is 7. The van der Waals surface area contributed by atoms with Crippen molar-refractivity contribution in [2.45, 2.75) is 13.0 Å². The summed E-state index contributed by atoms with van der Waals surface area (Å²) in [7, 11) is 3.32. The third kappa shape index (κ3) is 5.17. The summed E-state index contributed by atoms with van der Waals surface area (Å²) >= 11 is 0. The molecule has 0 saturated heterocycles. The summed E-state index contributed by atoms with van der Waals surface area (Å²) in [6, 6.07) is 23.2. The van der Waals surface area contributed by atoms with E-state index in [9.17, 15) is 9.59 Å². The Bertz CT molecular complexity index is 986. The fourth-order valence-electron chi connectivity index (χ4n) is 2.81. The molecule has 0 fully saturated rings. The Morgan fingerprint density at radius 1 is 0.867 bits per heavy atom. The number of carbonyl (C=O) groups excluding carboxylic acids is 2. The first-order valence-electron chi connectivity index (χ1n) is 9.52. The van der Waals surface area contributed by atoms with Crippen LogP contribution < -0.4 is 19.7 Å². The predicted octanol–water partition coefficient (Wildman–Crippen LogP) is 4.38. The molecule has 0 aliphatic carbocycles. The molecule has 1 unspecified atom stereocenters. The summed E-state index contributed by atoms with van der Waals surface area (Å²) in [4.78, 5) is 26.6. The quantitative estimate of drug-likeness (QED) is 0.635. The summed E-state index contributed by atoms with van der Waals surface area (Å²) < 4.78 is 10.8. The number of benzene rings is 3. The van der Waals surface area contributed by atoms with Crippen LogP contribution in [-0.4, -0.2) is 32.1 Å². The average molecular weight is 404 g/mol. The molecule has 0 heterocycles. The number of hydrogen-bond donors (Lipinski definition) is 1. The van der Waals surface area contributed by atoms with E-state index >= 15 is 0 Å². The molecule has 0 radical (unpaired) electrons. The molecule has 3 aromatic carbocycles. The Morgan fingerprint density at radius 3 is 2.07 bits per heavy atom. The normalized spacial score (nSPS) is 11.3. The molecular formula is C24H24N2O4. The Balaban J connectivity index is 1.59. The second kappa shape index (κ2) is 9.60. The van der Waals surface area contributed by atoms with Gasteiger partial charge in [0.2, 0.25) is 0 Å². The van der Waals surface area contributed by atoms with Crippen LogP contribution in [0, 0.1) is 0 Å². The van der Waals surface area contributed by atoms with E-state index in [4.69, 9.17) is 9.47 Å². The summed E-state index contributed by atoms with van der Waals surface area (Å²) in [6.07, 6.45) is -0.691. The average Bonchev–Trinajstić information content (AvgIpc) is 2.79. The van der Waals surface area contributed by atoms with Crippen LogP contribution >= 0.6 is 0 Å². The van der Waals surface area contributed by atoms with E-state index in [0.29, 0.717) is 22.7 Å². The van der Waals surface area contributed by atoms with E-state index in [1.54, 1.807) is 74.5 Å². The fraction of sp³-hybridized carbons (Fsp3) is 0.167. The molecule has 0 spiro atoms. The van der Waals surface area contributed by atoms with E-state index < -0.39 is 6.10 Å². The van der Waals surface area contributed by atoms with Crippen molar-refractivity contribution in [2.24, 2.45) is 0 Å². The van der Waals surface area contributed by atoms with Crippen molar-refractivity contribution in [2.75, 3.05) is 24.4 Å². The van der Waals surface area contributed by atoms with Crippen LogP contribution in [0.1, 0.15) is 17.3 Å². The van der Waals surface area contributed by atoms with Gasteiger partial charge in [-0.2, -0.15) is 0 Å². The summed E-state index contributed by atoms with van der Waals surface area (Å²) in [5, 5.41) is 2.80. The molecule has 6 nitrogen and oxygen atoms in total. The molecule has 0 saturated carbocycles. The van der Waals surface area contributed by atoms with E-state index in [-0.39, 0.29) is 11.8 Å². The van der Waals surface area contributed by atoms with Crippen LogP contribution in [0.25, 0.3) is 0 Å². The fourth-order valence-corrected chi connectivity index (χ4v) is 2.81. The summed E-state index contributed by atoms with van der Waals surface area (Å²) in [6.45, 7) is 1.67. The predicted molar refractivity (Wildman–Crippen MR) is 117 cm³/mol. The lowest BCUT2D eigenvalue weighted by molar-refractivity contribution is -0.122. The summed E-state index contributed by atoms with van der Waals surface area (Å²) in [5.74, 6) is 0.872. The lowest BCUT2D eigenvalue weighted by Gasteiger charge is -2.18. The Kier molecular flexibility index (Phi) is 6.70. The number of para-hydroxylation sites is 1. The van der Waals surface area contributed by atoms with Crippen molar-refractivity contribution in [3.63, 3.8) is 0 Å². The molecule has 154 valence electrons. The topological polar surface area (TPSA) is 67.9 Å². The molecule has 6 heteroatoms.